The molecule has 4 rings (SSSR count). The van der Waals surface area contributed by atoms with Crippen molar-refractivity contribution in [2.75, 3.05) is 6.54 Å². The van der Waals surface area contributed by atoms with Crippen LogP contribution in [-0.2, 0) is 0 Å². The van der Waals surface area contributed by atoms with E-state index >= 15 is 0 Å². The van der Waals surface area contributed by atoms with E-state index in [2.05, 4.69) is 29.0 Å². The van der Waals surface area contributed by atoms with Gasteiger partial charge in [0.2, 0.25) is 0 Å². The van der Waals surface area contributed by atoms with Gasteiger partial charge in [-0.25, -0.2) is 9.97 Å². The van der Waals surface area contributed by atoms with Gasteiger partial charge in [0.25, 0.3) is 5.91 Å². The number of pyridine rings is 1. The van der Waals surface area contributed by atoms with Crippen LogP contribution in [-0.4, -0.2) is 31.9 Å². The molecule has 25 heavy (non-hydrogen) atoms. The molecule has 3 heterocycles. The molecule has 1 aliphatic rings. The first kappa shape index (κ1) is 15.6. The number of carbonyl (C=O) groups excluding carboxylic acids is 1. The highest BCUT2D eigenvalue weighted by atomic mass is 16.2. The number of rotatable bonds is 3. The number of hydrogen-bond donors (Lipinski definition) is 0. The molecule has 1 fully saturated rings. The average molecular weight is 332 g/mol. The third-order valence-corrected chi connectivity index (χ3v) is 4.82. The minimum absolute atomic E-state index is 0.0644. The van der Waals surface area contributed by atoms with E-state index in [9.17, 15) is 4.79 Å². The van der Waals surface area contributed by atoms with E-state index in [0.29, 0.717) is 11.4 Å². The lowest BCUT2D eigenvalue weighted by Crippen LogP contribution is -2.31. The first-order chi connectivity index (χ1) is 12.2. The minimum atomic E-state index is 0.0644. The molecular formula is C20H20N4O. The molecule has 126 valence electrons. The molecule has 5 nitrogen and oxygen atoms in total. The molecule has 0 spiro atoms. The van der Waals surface area contributed by atoms with E-state index < -0.39 is 0 Å². The fraction of sp³-hybridized carbons (Fsp3) is 0.250. The molecule has 0 N–H and O–H groups in total. The summed E-state index contributed by atoms with van der Waals surface area (Å²) < 4.78 is 1.81. The van der Waals surface area contributed by atoms with E-state index in [1.54, 1.807) is 29.4 Å². The summed E-state index contributed by atoms with van der Waals surface area (Å²) in [6.45, 7) is 2.90. The molecule has 1 aliphatic heterocycles. The highest BCUT2D eigenvalue weighted by Crippen LogP contribution is 2.34. The number of hydrogen-bond acceptors (Lipinski definition) is 3. The van der Waals surface area contributed by atoms with Crippen LogP contribution in [0.25, 0.3) is 5.82 Å². The molecule has 3 aromatic rings. The van der Waals surface area contributed by atoms with Gasteiger partial charge in [0.15, 0.2) is 0 Å². The Morgan fingerprint density at radius 3 is 2.88 bits per heavy atom. The number of imidazole rings is 1. The molecule has 2 aromatic heterocycles. The van der Waals surface area contributed by atoms with E-state index in [0.717, 1.165) is 19.4 Å². The molecule has 1 saturated heterocycles. The molecular weight excluding hydrogens is 312 g/mol. The van der Waals surface area contributed by atoms with E-state index in [-0.39, 0.29) is 11.9 Å². The van der Waals surface area contributed by atoms with Gasteiger partial charge in [0, 0.05) is 30.7 Å². The summed E-state index contributed by atoms with van der Waals surface area (Å²) in [6.07, 6.45) is 8.93. The molecule has 0 aliphatic carbocycles. The van der Waals surface area contributed by atoms with Crippen molar-refractivity contribution in [1.29, 1.82) is 0 Å². The predicted octanol–water partition coefficient (Wildman–Crippen LogP) is 3.55. The van der Waals surface area contributed by atoms with Crippen molar-refractivity contribution in [2.24, 2.45) is 0 Å². The molecule has 0 radical (unpaired) electrons. The predicted molar refractivity (Wildman–Crippen MR) is 95.5 cm³/mol. The van der Waals surface area contributed by atoms with Gasteiger partial charge >= 0.3 is 0 Å². The number of nitrogens with zero attached hydrogens (tertiary/aromatic N) is 4. The molecule has 1 atom stereocenters. The number of aromatic nitrogens is 3. The molecule has 1 amide bonds. The number of likely N-dealkylation sites (tertiary alicyclic amines) is 1. The number of benzene rings is 1. The van der Waals surface area contributed by atoms with Crippen molar-refractivity contribution in [3.8, 4) is 5.82 Å². The third-order valence-electron chi connectivity index (χ3n) is 4.82. The Kier molecular flexibility index (Phi) is 4.06. The van der Waals surface area contributed by atoms with Gasteiger partial charge in [-0.15, -0.1) is 0 Å². The lowest BCUT2D eigenvalue weighted by Gasteiger charge is -2.26. The first-order valence-electron chi connectivity index (χ1n) is 8.55. The summed E-state index contributed by atoms with van der Waals surface area (Å²) in [6, 6.07) is 12.1. The minimum Gasteiger partial charge on any atom is -0.332 e. The Hall–Kier alpha value is -2.95. The summed E-state index contributed by atoms with van der Waals surface area (Å²) >= 11 is 0. The van der Waals surface area contributed by atoms with E-state index in [4.69, 9.17) is 0 Å². The number of carbonyl (C=O) groups is 1. The molecule has 5 heteroatoms. The highest BCUT2D eigenvalue weighted by Gasteiger charge is 2.31. The van der Waals surface area contributed by atoms with E-state index in [1.165, 1.54) is 11.1 Å². The van der Waals surface area contributed by atoms with Crippen LogP contribution >= 0.6 is 0 Å². The summed E-state index contributed by atoms with van der Waals surface area (Å²) in [7, 11) is 0. The SMILES string of the molecule is Cc1ccccc1[C@@H]1CCCN1C(=O)c1ccnc(-n2ccnc2)c1. The van der Waals surface area contributed by atoms with Gasteiger partial charge in [-0.3, -0.25) is 9.36 Å². The number of amides is 1. The maximum Gasteiger partial charge on any atom is 0.254 e. The van der Waals surface area contributed by atoms with Gasteiger partial charge in [0.1, 0.15) is 12.1 Å². The second-order valence-corrected chi connectivity index (χ2v) is 6.39. The lowest BCUT2D eigenvalue weighted by atomic mass is 9.99. The van der Waals surface area contributed by atoms with Crippen LogP contribution in [0.1, 0.15) is 40.4 Å². The van der Waals surface area contributed by atoms with Crippen LogP contribution in [0.5, 0.6) is 0 Å². The van der Waals surface area contributed by atoms with Gasteiger partial charge in [-0.2, -0.15) is 0 Å². The van der Waals surface area contributed by atoms with Crippen LogP contribution in [0.3, 0.4) is 0 Å². The zero-order valence-electron chi connectivity index (χ0n) is 14.2. The Labute approximate surface area is 147 Å². The largest absolute Gasteiger partial charge is 0.332 e. The summed E-state index contributed by atoms with van der Waals surface area (Å²) in [5, 5.41) is 0. The standard InChI is InChI=1S/C20H20N4O/c1-15-5-2-3-6-17(15)18-7-4-11-24(18)20(25)16-8-9-22-19(13-16)23-12-10-21-14-23/h2-3,5-6,8-10,12-14,18H,4,7,11H2,1H3/t18-/m0/s1. The number of aryl methyl sites for hydroxylation is 1. The van der Waals surface area contributed by atoms with Crippen molar-refractivity contribution in [2.45, 2.75) is 25.8 Å². The fourth-order valence-corrected chi connectivity index (χ4v) is 3.55. The van der Waals surface area contributed by atoms with Gasteiger partial charge < -0.3 is 4.90 Å². The zero-order chi connectivity index (χ0) is 17.2. The molecule has 0 unspecified atom stereocenters. The Morgan fingerprint density at radius 2 is 2.08 bits per heavy atom. The summed E-state index contributed by atoms with van der Waals surface area (Å²) in [5.74, 6) is 0.768. The maximum absolute atomic E-state index is 13.1. The van der Waals surface area contributed by atoms with Gasteiger partial charge in [-0.05, 0) is 43.0 Å². The summed E-state index contributed by atoms with van der Waals surface area (Å²) in [5.41, 5.74) is 3.15. The Morgan fingerprint density at radius 1 is 1.20 bits per heavy atom. The van der Waals surface area contributed by atoms with Crippen LogP contribution in [0.15, 0.2) is 61.3 Å². The highest BCUT2D eigenvalue weighted by molar-refractivity contribution is 5.95. The monoisotopic (exact) mass is 332 g/mol. The zero-order valence-corrected chi connectivity index (χ0v) is 14.2. The second kappa shape index (κ2) is 6.51. The smallest absolute Gasteiger partial charge is 0.254 e. The topological polar surface area (TPSA) is 51.0 Å². The van der Waals surface area contributed by atoms with Gasteiger partial charge in [0.05, 0.1) is 6.04 Å². The second-order valence-electron chi connectivity index (χ2n) is 6.39. The van der Waals surface area contributed by atoms with Crippen LogP contribution < -0.4 is 0 Å². The maximum atomic E-state index is 13.1. The van der Waals surface area contributed by atoms with Crippen LogP contribution in [0.2, 0.25) is 0 Å². The molecule has 0 saturated carbocycles. The Balaban J connectivity index is 1.64. The first-order valence-corrected chi connectivity index (χ1v) is 8.55. The van der Waals surface area contributed by atoms with Crippen LogP contribution in [0, 0.1) is 6.92 Å². The van der Waals surface area contributed by atoms with Crippen LogP contribution in [0.4, 0.5) is 0 Å². The van der Waals surface area contributed by atoms with Crippen molar-refractivity contribution >= 4 is 5.91 Å². The third kappa shape index (κ3) is 2.93. The normalized spacial score (nSPS) is 17.0. The fourth-order valence-electron chi connectivity index (χ4n) is 3.55. The van der Waals surface area contributed by atoms with Crippen molar-refractivity contribution < 1.29 is 4.79 Å². The summed E-state index contributed by atoms with van der Waals surface area (Å²) in [4.78, 5) is 23.5. The van der Waals surface area contributed by atoms with E-state index in [1.807, 2.05) is 29.3 Å². The molecule has 1 aromatic carbocycles. The van der Waals surface area contributed by atoms with Crippen molar-refractivity contribution in [1.82, 2.24) is 19.4 Å². The average Bonchev–Trinajstić information content (AvgIpc) is 3.33. The van der Waals surface area contributed by atoms with Gasteiger partial charge in [-0.1, -0.05) is 24.3 Å². The van der Waals surface area contributed by atoms with Crippen molar-refractivity contribution in [3.05, 3.63) is 78.0 Å². The van der Waals surface area contributed by atoms with Crippen molar-refractivity contribution in [3.63, 3.8) is 0 Å². The quantitative estimate of drug-likeness (QED) is 0.737. The Bertz CT molecular complexity index is 888. The molecule has 0 bridgehead atoms. The lowest BCUT2D eigenvalue weighted by molar-refractivity contribution is 0.0735.